The molecule has 8 nitrogen and oxygen atoms in total. The fraction of sp³-hybridized carbons (Fsp3) is 0.500. The number of aromatic hydroxyl groups is 1. The molecule has 0 saturated carbocycles. The zero-order valence-electron chi connectivity index (χ0n) is 8.79. The second kappa shape index (κ2) is 4.60. The van der Waals surface area contributed by atoms with Gasteiger partial charge in [0.2, 0.25) is 0 Å². The highest BCUT2D eigenvalue weighted by molar-refractivity contribution is 5.50. The van der Waals surface area contributed by atoms with Gasteiger partial charge < -0.3 is 14.5 Å². The molecule has 0 atom stereocenters. The summed E-state index contributed by atoms with van der Waals surface area (Å²) in [5, 5.41) is 26.2. The van der Waals surface area contributed by atoms with Crippen LogP contribution < -0.4 is 4.90 Å². The summed E-state index contributed by atoms with van der Waals surface area (Å²) in [6.07, 6.45) is 3.09. The van der Waals surface area contributed by atoms with Crippen molar-refractivity contribution < 1.29 is 9.63 Å². The normalized spacial score (nSPS) is 10.6. The van der Waals surface area contributed by atoms with Crippen LogP contribution in [0.1, 0.15) is 12.2 Å². The minimum Gasteiger partial charge on any atom is -0.478 e. The first-order chi connectivity index (χ1) is 7.77. The summed E-state index contributed by atoms with van der Waals surface area (Å²) in [6, 6.07) is 0. The second-order valence-corrected chi connectivity index (χ2v) is 3.39. The van der Waals surface area contributed by atoms with Crippen molar-refractivity contribution in [1.82, 2.24) is 25.8 Å². The molecule has 86 valence electrons. The number of hydrogen-bond donors (Lipinski definition) is 2. The summed E-state index contributed by atoms with van der Waals surface area (Å²) in [7, 11) is 1.85. The van der Waals surface area contributed by atoms with E-state index < -0.39 is 0 Å². The molecule has 2 heterocycles. The maximum atomic E-state index is 9.29. The summed E-state index contributed by atoms with van der Waals surface area (Å²) in [5.41, 5.74) is 0.579. The van der Waals surface area contributed by atoms with Crippen molar-refractivity contribution in [3.8, 4) is 5.95 Å². The number of aryl methyl sites for hydroxylation is 1. The van der Waals surface area contributed by atoms with Gasteiger partial charge in [0.25, 0.3) is 0 Å². The third-order valence-electron chi connectivity index (χ3n) is 2.24. The maximum absolute atomic E-state index is 9.29. The molecule has 0 bridgehead atoms. The number of hydrogen-bond acceptors (Lipinski definition) is 7. The average Bonchev–Trinajstić information content (AvgIpc) is 2.88. The molecule has 0 amide bonds. The lowest BCUT2D eigenvalue weighted by atomic mass is 10.3. The van der Waals surface area contributed by atoms with Crippen LogP contribution in [0, 0.1) is 0 Å². The van der Waals surface area contributed by atoms with Crippen LogP contribution in [0.3, 0.4) is 0 Å². The van der Waals surface area contributed by atoms with Gasteiger partial charge in [-0.25, -0.2) is 5.10 Å². The summed E-state index contributed by atoms with van der Waals surface area (Å²) < 4.78 is 4.56. The Bertz CT molecular complexity index is 425. The van der Waals surface area contributed by atoms with E-state index in [0.717, 1.165) is 25.2 Å². The molecule has 0 aliphatic heterocycles. The molecule has 2 rings (SSSR count). The number of aromatic amines is 1. The monoisotopic (exact) mass is 224 g/mol. The summed E-state index contributed by atoms with van der Waals surface area (Å²) >= 11 is 0. The molecule has 0 aliphatic carbocycles. The van der Waals surface area contributed by atoms with E-state index in [2.05, 4.69) is 30.3 Å². The SMILES string of the molecule is CN(CCCc1nnn[nH]1)c1cnoc1O. The number of nitrogens with zero attached hydrogens (tertiary/aromatic N) is 5. The van der Waals surface area contributed by atoms with Gasteiger partial charge in [-0.1, -0.05) is 5.16 Å². The molecule has 16 heavy (non-hydrogen) atoms. The van der Waals surface area contributed by atoms with E-state index in [9.17, 15) is 5.11 Å². The number of rotatable bonds is 5. The highest BCUT2D eigenvalue weighted by Gasteiger charge is 2.10. The van der Waals surface area contributed by atoms with Crippen LogP contribution in [0.25, 0.3) is 0 Å². The largest absolute Gasteiger partial charge is 0.478 e. The third kappa shape index (κ3) is 2.27. The number of tetrazole rings is 1. The van der Waals surface area contributed by atoms with Crippen molar-refractivity contribution >= 4 is 5.69 Å². The van der Waals surface area contributed by atoms with E-state index in [0.29, 0.717) is 5.69 Å². The van der Waals surface area contributed by atoms with Gasteiger partial charge in [0, 0.05) is 20.0 Å². The fourth-order valence-electron chi connectivity index (χ4n) is 1.38. The number of aromatic nitrogens is 5. The van der Waals surface area contributed by atoms with Crippen molar-refractivity contribution in [3.05, 3.63) is 12.0 Å². The summed E-state index contributed by atoms with van der Waals surface area (Å²) in [4.78, 5) is 1.86. The van der Waals surface area contributed by atoms with Crippen LogP contribution in [-0.2, 0) is 6.42 Å². The van der Waals surface area contributed by atoms with E-state index >= 15 is 0 Å². The zero-order chi connectivity index (χ0) is 11.4. The molecular weight excluding hydrogens is 212 g/mol. The standard InChI is InChI=1S/C8H12N6O2/c1-14(6-5-9-16-8(6)15)4-2-3-7-10-12-13-11-7/h5,15H,2-4H2,1H3,(H,10,11,12,13). The predicted molar refractivity (Wildman–Crippen MR) is 53.9 cm³/mol. The molecule has 2 aromatic heterocycles. The van der Waals surface area contributed by atoms with E-state index in [4.69, 9.17) is 0 Å². The van der Waals surface area contributed by atoms with Crippen molar-refractivity contribution in [2.75, 3.05) is 18.5 Å². The number of anilines is 1. The molecule has 2 aromatic rings. The smallest absolute Gasteiger partial charge is 0.332 e. The van der Waals surface area contributed by atoms with Gasteiger partial charge in [0.15, 0.2) is 0 Å². The number of nitrogens with one attached hydrogen (secondary N) is 1. The van der Waals surface area contributed by atoms with Crippen molar-refractivity contribution in [1.29, 1.82) is 0 Å². The van der Waals surface area contributed by atoms with Gasteiger partial charge in [-0.2, -0.15) is 0 Å². The van der Waals surface area contributed by atoms with Crippen molar-refractivity contribution in [2.24, 2.45) is 0 Å². The third-order valence-corrected chi connectivity index (χ3v) is 2.24. The van der Waals surface area contributed by atoms with Gasteiger partial charge in [0.1, 0.15) is 11.5 Å². The Morgan fingerprint density at radius 2 is 2.44 bits per heavy atom. The van der Waals surface area contributed by atoms with Crippen LogP contribution >= 0.6 is 0 Å². The molecule has 0 saturated heterocycles. The Morgan fingerprint density at radius 3 is 3.06 bits per heavy atom. The highest BCUT2D eigenvalue weighted by atomic mass is 16.5. The minimum atomic E-state index is -0.163. The molecule has 8 heteroatoms. The van der Waals surface area contributed by atoms with Gasteiger partial charge in [-0.3, -0.25) is 0 Å². The van der Waals surface area contributed by atoms with Crippen molar-refractivity contribution in [2.45, 2.75) is 12.8 Å². The van der Waals surface area contributed by atoms with Gasteiger partial charge in [-0.15, -0.1) is 5.10 Å². The number of H-pyrrole nitrogens is 1. The van der Waals surface area contributed by atoms with E-state index in [1.807, 2.05) is 11.9 Å². The molecule has 0 spiro atoms. The fourth-order valence-corrected chi connectivity index (χ4v) is 1.38. The first kappa shape index (κ1) is 10.4. The Morgan fingerprint density at radius 1 is 1.56 bits per heavy atom. The summed E-state index contributed by atoms with van der Waals surface area (Å²) in [5.74, 6) is 0.590. The Hall–Kier alpha value is -2.12. The lowest BCUT2D eigenvalue weighted by Gasteiger charge is -2.15. The van der Waals surface area contributed by atoms with Crippen LogP contribution in [0.4, 0.5) is 5.69 Å². The quantitative estimate of drug-likeness (QED) is 0.734. The summed E-state index contributed by atoms with van der Waals surface area (Å²) in [6.45, 7) is 0.746. The van der Waals surface area contributed by atoms with Crippen LogP contribution in [-0.4, -0.2) is 44.5 Å². The lowest BCUT2D eigenvalue weighted by Crippen LogP contribution is -2.18. The highest BCUT2D eigenvalue weighted by Crippen LogP contribution is 2.24. The molecule has 0 aliphatic rings. The van der Waals surface area contributed by atoms with Gasteiger partial charge in [-0.05, 0) is 16.8 Å². The first-order valence-corrected chi connectivity index (χ1v) is 4.84. The van der Waals surface area contributed by atoms with Gasteiger partial charge >= 0.3 is 5.95 Å². The van der Waals surface area contributed by atoms with E-state index in [1.165, 1.54) is 6.20 Å². The topological polar surface area (TPSA) is 104 Å². The second-order valence-electron chi connectivity index (χ2n) is 3.39. The maximum Gasteiger partial charge on any atom is 0.332 e. The average molecular weight is 224 g/mol. The molecule has 0 fully saturated rings. The Labute approximate surface area is 91.2 Å². The molecule has 0 aromatic carbocycles. The van der Waals surface area contributed by atoms with Crippen LogP contribution in [0.15, 0.2) is 10.7 Å². The van der Waals surface area contributed by atoms with Crippen LogP contribution in [0.5, 0.6) is 5.95 Å². The van der Waals surface area contributed by atoms with Gasteiger partial charge in [0.05, 0.1) is 6.20 Å². The molecule has 0 radical (unpaired) electrons. The van der Waals surface area contributed by atoms with E-state index in [1.54, 1.807) is 0 Å². The minimum absolute atomic E-state index is 0.163. The Balaban J connectivity index is 1.80. The zero-order valence-corrected chi connectivity index (χ0v) is 8.79. The molecule has 2 N–H and O–H groups in total. The molecular formula is C8H12N6O2. The van der Waals surface area contributed by atoms with Crippen molar-refractivity contribution in [3.63, 3.8) is 0 Å². The van der Waals surface area contributed by atoms with E-state index in [-0.39, 0.29) is 5.95 Å². The lowest BCUT2D eigenvalue weighted by molar-refractivity contribution is 0.278. The Kier molecular flexibility index (Phi) is 2.99. The van der Waals surface area contributed by atoms with Crippen LogP contribution in [0.2, 0.25) is 0 Å². The molecule has 0 unspecified atom stereocenters. The predicted octanol–water partition coefficient (Wildman–Crippen LogP) is -0.0377. The first-order valence-electron chi connectivity index (χ1n) is 4.84.